The molecule has 3 rings (SSSR count). The molecular weight excluding hydrogens is 278 g/mol. The molecule has 0 unspecified atom stereocenters. The molecule has 1 aliphatic rings. The van der Waals surface area contributed by atoms with E-state index in [4.69, 9.17) is 9.47 Å². The summed E-state index contributed by atoms with van der Waals surface area (Å²) in [6.45, 7) is 5.08. The van der Waals surface area contributed by atoms with Crippen LogP contribution in [0.5, 0.6) is 11.5 Å². The number of carbonyl (C=O) groups excluding carboxylic acids is 1. The van der Waals surface area contributed by atoms with E-state index in [9.17, 15) is 4.79 Å². The summed E-state index contributed by atoms with van der Waals surface area (Å²) in [4.78, 5) is 12.4. The van der Waals surface area contributed by atoms with Gasteiger partial charge in [0.2, 0.25) is 0 Å². The molecule has 0 radical (unpaired) electrons. The summed E-state index contributed by atoms with van der Waals surface area (Å²) >= 11 is 0. The van der Waals surface area contributed by atoms with Gasteiger partial charge < -0.3 is 14.8 Å². The predicted octanol–water partition coefficient (Wildman–Crippen LogP) is 3.26. The molecule has 0 saturated heterocycles. The number of carbonyl (C=O) groups is 1. The number of benzene rings is 2. The molecule has 1 atom stereocenters. The van der Waals surface area contributed by atoms with Crippen LogP contribution >= 0.6 is 0 Å². The van der Waals surface area contributed by atoms with Crippen molar-refractivity contribution in [3.05, 3.63) is 59.2 Å². The lowest BCUT2D eigenvalue weighted by molar-refractivity contribution is 0.0938. The Balaban J connectivity index is 1.76. The summed E-state index contributed by atoms with van der Waals surface area (Å²) in [6.07, 6.45) is 0. The molecule has 4 heteroatoms. The van der Waals surface area contributed by atoms with Crippen LogP contribution in [0.25, 0.3) is 0 Å². The van der Waals surface area contributed by atoms with Gasteiger partial charge in [-0.2, -0.15) is 0 Å². The lowest BCUT2D eigenvalue weighted by atomic mass is 10.0. The summed E-state index contributed by atoms with van der Waals surface area (Å²) in [7, 11) is 0. The van der Waals surface area contributed by atoms with E-state index in [1.807, 2.05) is 38.1 Å². The lowest BCUT2D eigenvalue weighted by Gasteiger charge is -2.20. The van der Waals surface area contributed by atoms with E-state index in [2.05, 4.69) is 5.32 Å². The number of ether oxygens (including phenoxy) is 2. The SMILES string of the molecule is Cc1ccccc1[C@H](C)NC(=O)c1ccc2c(c1)OCCO2. The van der Waals surface area contributed by atoms with E-state index in [1.165, 1.54) is 0 Å². The highest BCUT2D eigenvalue weighted by Crippen LogP contribution is 2.30. The van der Waals surface area contributed by atoms with E-state index < -0.39 is 0 Å². The van der Waals surface area contributed by atoms with Gasteiger partial charge in [-0.1, -0.05) is 24.3 Å². The quantitative estimate of drug-likeness (QED) is 0.946. The monoisotopic (exact) mass is 297 g/mol. The molecule has 22 heavy (non-hydrogen) atoms. The van der Waals surface area contributed by atoms with Gasteiger partial charge in [-0.25, -0.2) is 0 Å². The van der Waals surface area contributed by atoms with Gasteiger partial charge in [0.1, 0.15) is 13.2 Å². The minimum Gasteiger partial charge on any atom is -0.486 e. The fourth-order valence-corrected chi connectivity index (χ4v) is 2.61. The Kier molecular flexibility index (Phi) is 4.00. The highest BCUT2D eigenvalue weighted by molar-refractivity contribution is 5.95. The molecule has 1 heterocycles. The predicted molar refractivity (Wildman–Crippen MR) is 84.5 cm³/mol. The Morgan fingerprint density at radius 3 is 2.59 bits per heavy atom. The zero-order valence-corrected chi connectivity index (χ0v) is 12.8. The second-order valence-corrected chi connectivity index (χ2v) is 5.41. The molecule has 0 saturated carbocycles. The van der Waals surface area contributed by atoms with Gasteiger partial charge in [0.25, 0.3) is 5.91 Å². The van der Waals surface area contributed by atoms with Crippen LogP contribution in [0.1, 0.15) is 34.5 Å². The van der Waals surface area contributed by atoms with Gasteiger partial charge in [0.15, 0.2) is 11.5 Å². The van der Waals surface area contributed by atoms with Crippen LogP contribution in [0.15, 0.2) is 42.5 Å². The lowest BCUT2D eigenvalue weighted by Crippen LogP contribution is -2.27. The van der Waals surface area contributed by atoms with Crippen molar-refractivity contribution in [1.82, 2.24) is 5.32 Å². The number of amides is 1. The molecule has 0 aromatic heterocycles. The van der Waals surface area contributed by atoms with Crippen molar-refractivity contribution in [2.45, 2.75) is 19.9 Å². The van der Waals surface area contributed by atoms with Gasteiger partial charge in [-0.3, -0.25) is 4.79 Å². The normalized spacial score (nSPS) is 14.3. The maximum absolute atomic E-state index is 12.4. The first-order valence-corrected chi connectivity index (χ1v) is 7.41. The van der Waals surface area contributed by atoms with Crippen molar-refractivity contribution in [1.29, 1.82) is 0 Å². The average Bonchev–Trinajstić information content (AvgIpc) is 2.54. The third kappa shape index (κ3) is 2.91. The van der Waals surface area contributed by atoms with E-state index in [0.717, 1.165) is 11.1 Å². The van der Waals surface area contributed by atoms with Crippen LogP contribution in [-0.2, 0) is 0 Å². The molecule has 114 valence electrons. The highest BCUT2D eigenvalue weighted by Gasteiger charge is 2.17. The fraction of sp³-hybridized carbons (Fsp3) is 0.278. The number of hydrogen-bond acceptors (Lipinski definition) is 3. The smallest absolute Gasteiger partial charge is 0.251 e. The van der Waals surface area contributed by atoms with Crippen molar-refractivity contribution in [2.24, 2.45) is 0 Å². The van der Waals surface area contributed by atoms with Crippen molar-refractivity contribution in [3.63, 3.8) is 0 Å². The molecule has 1 N–H and O–H groups in total. The van der Waals surface area contributed by atoms with Crippen molar-refractivity contribution in [3.8, 4) is 11.5 Å². The number of hydrogen-bond donors (Lipinski definition) is 1. The maximum atomic E-state index is 12.4. The molecular formula is C18H19NO3. The minimum absolute atomic E-state index is 0.0538. The third-order valence-corrected chi connectivity index (χ3v) is 3.81. The number of rotatable bonds is 3. The van der Waals surface area contributed by atoms with Crippen molar-refractivity contribution >= 4 is 5.91 Å². The summed E-state index contributed by atoms with van der Waals surface area (Å²) in [5.41, 5.74) is 2.86. The number of aryl methyl sites for hydroxylation is 1. The Morgan fingerprint density at radius 1 is 1.09 bits per heavy atom. The van der Waals surface area contributed by atoms with Crippen molar-refractivity contribution < 1.29 is 14.3 Å². The summed E-state index contributed by atoms with van der Waals surface area (Å²) in [5, 5.41) is 3.02. The van der Waals surface area contributed by atoms with Gasteiger partial charge in [0.05, 0.1) is 6.04 Å². The van der Waals surface area contributed by atoms with E-state index in [1.54, 1.807) is 18.2 Å². The molecule has 4 nitrogen and oxygen atoms in total. The fourth-order valence-electron chi connectivity index (χ4n) is 2.61. The summed E-state index contributed by atoms with van der Waals surface area (Å²) in [5.74, 6) is 1.20. The molecule has 0 fully saturated rings. The van der Waals surface area contributed by atoms with Crippen LogP contribution in [0.2, 0.25) is 0 Å². The van der Waals surface area contributed by atoms with E-state index in [0.29, 0.717) is 30.3 Å². The Hall–Kier alpha value is -2.49. The zero-order valence-electron chi connectivity index (χ0n) is 12.8. The summed E-state index contributed by atoms with van der Waals surface area (Å²) < 4.78 is 11.0. The van der Waals surface area contributed by atoms with Crippen LogP contribution in [0.3, 0.4) is 0 Å². The molecule has 1 amide bonds. The minimum atomic E-state index is -0.118. The molecule has 2 aromatic carbocycles. The second-order valence-electron chi connectivity index (χ2n) is 5.41. The summed E-state index contributed by atoms with van der Waals surface area (Å²) in [6, 6.07) is 13.3. The number of nitrogens with one attached hydrogen (secondary N) is 1. The Bertz CT molecular complexity index is 696. The van der Waals surface area contributed by atoms with Gasteiger partial charge in [-0.05, 0) is 43.2 Å². The van der Waals surface area contributed by atoms with Gasteiger partial charge >= 0.3 is 0 Å². The van der Waals surface area contributed by atoms with Crippen LogP contribution in [0.4, 0.5) is 0 Å². The first-order chi connectivity index (χ1) is 10.6. The Labute approximate surface area is 130 Å². The van der Waals surface area contributed by atoms with Crippen LogP contribution in [-0.4, -0.2) is 19.1 Å². The highest BCUT2D eigenvalue weighted by atomic mass is 16.6. The van der Waals surface area contributed by atoms with Gasteiger partial charge in [-0.15, -0.1) is 0 Å². The van der Waals surface area contributed by atoms with Gasteiger partial charge in [0, 0.05) is 5.56 Å². The topological polar surface area (TPSA) is 47.6 Å². The van der Waals surface area contributed by atoms with Crippen LogP contribution in [0, 0.1) is 6.92 Å². The van der Waals surface area contributed by atoms with Crippen molar-refractivity contribution in [2.75, 3.05) is 13.2 Å². The molecule has 0 spiro atoms. The zero-order chi connectivity index (χ0) is 15.5. The average molecular weight is 297 g/mol. The van der Waals surface area contributed by atoms with Crippen LogP contribution < -0.4 is 14.8 Å². The molecule has 0 aliphatic carbocycles. The third-order valence-electron chi connectivity index (χ3n) is 3.81. The first kappa shape index (κ1) is 14.4. The first-order valence-electron chi connectivity index (χ1n) is 7.41. The molecule has 2 aromatic rings. The largest absolute Gasteiger partial charge is 0.486 e. The van der Waals surface area contributed by atoms with E-state index >= 15 is 0 Å². The maximum Gasteiger partial charge on any atom is 0.251 e. The number of fused-ring (bicyclic) bond motifs is 1. The standard InChI is InChI=1S/C18H19NO3/c1-12-5-3-4-6-15(12)13(2)19-18(20)14-7-8-16-17(11-14)22-10-9-21-16/h3-8,11,13H,9-10H2,1-2H3,(H,19,20)/t13-/m0/s1. The Morgan fingerprint density at radius 2 is 1.82 bits per heavy atom. The molecule has 0 bridgehead atoms. The molecule has 1 aliphatic heterocycles. The van der Waals surface area contributed by atoms with E-state index in [-0.39, 0.29) is 11.9 Å². The second kappa shape index (κ2) is 6.10.